The van der Waals surface area contributed by atoms with Crippen LogP contribution in [-0.4, -0.2) is 27.6 Å². The number of hydrogen-bond donors (Lipinski definition) is 2. The van der Waals surface area contributed by atoms with E-state index in [0.717, 1.165) is 12.8 Å². The molecule has 0 amide bonds. The van der Waals surface area contributed by atoms with E-state index in [1.54, 1.807) is 24.3 Å². The van der Waals surface area contributed by atoms with Crippen LogP contribution in [-0.2, 0) is 10.0 Å². The summed E-state index contributed by atoms with van der Waals surface area (Å²) in [6.45, 7) is 5.07. The summed E-state index contributed by atoms with van der Waals surface area (Å²) in [6, 6.07) is 6.35. The van der Waals surface area contributed by atoms with Gasteiger partial charge in [-0.1, -0.05) is 13.8 Å². The highest BCUT2D eigenvalue weighted by molar-refractivity contribution is 7.89. The summed E-state index contributed by atoms with van der Waals surface area (Å²) in [6.07, 6.45) is 2.10. The fourth-order valence-electron chi connectivity index (χ4n) is 2.08. The zero-order chi connectivity index (χ0) is 15.5. The number of nitrogens with one attached hydrogen (secondary N) is 1. The molecule has 1 aromatic carbocycles. The molecule has 1 aliphatic carbocycles. The Hall–Kier alpha value is -0.820. The first-order chi connectivity index (χ1) is 9.92. The third-order valence-corrected chi connectivity index (χ3v) is 4.97. The average molecular weight is 349 g/mol. The molecule has 0 spiro atoms. The number of hydrogen-bond acceptors (Lipinski definition) is 4. The molecule has 1 fully saturated rings. The van der Waals surface area contributed by atoms with Gasteiger partial charge in [-0.3, -0.25) is 0 Å². The Bertz CT molecular complexity index is 557. The molecule has 0 aromatic heterocycles. The molecular weight excluding hydrogens is 324 g/mol. The fraction of sp³-hybridized carbons (Fsp3) is 0.600. The third-order valence-electron chi connectivity index (χ3n) is 3.47. The van der Waals surface area contributed by atoms with Gasteiger partial charge in [0.05, 0.1) is 11.5 Å². The van der Waals surface area contributed by atoms with Crippen LogP contribution in [0.1, 0.15) is 26.7 Å². The lowest BCUT2D eigenvalue weighted by Gasteiger charge is -2.16. The molecule has 22 heavy (non-hydrogen) atoms. The Morgan fingerprint density at radius 2 is 1.86 bits per heavy atom. The van der Waals surface area contributed by atoms with Gasteiger partial charge in [0.25, 0.3) is 0 Å². The van der Waals surface area contributed by atoms with Gasteiger partial charge in [-0.05, 0) is 48.9 Å². The van der Waals surface area contributed by atoms with Crippen molar-refractivity contribution in [3.63, 3.8) is 0 Å². The van der Waals surface area contributed by atoms with Crippen molar-refractivity contribution in [3.8, 4) is 5.75 Å². The molecule has 0 bridgehead atoms. The number of halogens is 1. The van der Waals surface area contributed by atoms with Crippen molar-refractivity contribution in [2.75, 3.05) is 13.2 Å². The number of benzene rings is 1. The second kappa shape index (κ2) is 8.15. The van der Waals surface area contributed by atoms with E-state index in [1.165, 1.54) is 0 Å². The number of ether oxygens (including phenoxy) is 1. The van der Waals surface area contributed by atoms with Crippen LogP contribution in [0.15, 0.2) is 29.2 Å². The van der Waals surface area contributed by atoms with E-state index in [0.29, 0.717) is 30.7 Å². The van der Waals surface area contributed by atoms with Crippen molar-refractivity contribution in [3.05, 3.63) is 24.3 Å². The predicted octanol–water partition coefficient (Wildman–Crippen LogP) is 2.16. The van der Waals surface area contributed by atoms with Crippen molar-refractivity contribution in [2.45, 2.75) is 37.6 Å². The SMILES string of the molecule is CC(C)COc1ccc(S(=O)(=O)NC(CN)C2CC2)cc1.Cl. The normalized spacial score (nSPS) is 16.2. The Labute approximate surface area is 139 Å². The second-order valence-electron chi connectivity index (χ2n) is 5.98. The van der Waals surface area contributed by atoms with Crippen LogP contribution in [0.2, 0.25) is 0 Å². The summed E-state index contributed by atoms with van der Waals surface area (Å²) in [4.78, 5) is 0.249. The molecule has 126 valence electrons. The van der Waals surface area contributed by atoms with E-state index in [-0.39, 0.29) is 23.3 Å². The molecule has 1 aliphatic rings. The summed E-state index contributed by atoms with van der Waals surface area (Å²) >= 11 is 0. The maximum absolute atomic E-state index is 12.3. The van der Waals surface area contributed by atoms with E-state index in [2.05, 4.69) is 18.6 Å². The van der Waals surface area contributed by atoms with Gasteiger partial charge in [0.2, 0.25) is 10.0 Å². The van der Waals surface area contributed by atoms with Crippen molar-refractivity contribution < 1.29 is 13.2 Å². The van der Waals surface area contributed by atoms with Gasteiger partial charge in [0, 0.05) is 12.6 Å². The molecule has 1 saturated carbocycles. The highest BCUT2D eigenvalue weighted by Gasteiger charge is 2.33. The van der Waals surface area contributed by atoms with Gasteiger partial charge in [-0.2, -0.15) is 0 Å². The molecule has 1 aromatic rings. The lowest BCUT2D eigenvalue weighted by atomic mass is 10.2. The van der Waals surface area contributed by atoms with Crippen LogP contribution in [0.4, 0.5) is 0 Å². The molecule has 3 N–H and O–H groups in total. The van der Waals surface area contributed by atoms with Gasteiger partial charge in [-0.15, -0.1) is 12.4 Å². The molecule has 1 unspecified atom stereocenters. The Balaban J connectivity index is 0.00000242. The summed E-state index contributed by atoms with van der Waals surface area (Å²) < 4.78 is 32.9. The van der Waals surface area contributed by atoms with Crippen LogP contribution in [0, 0.1) is 11.8 Å². The van der Waals surface area contributed by atoms with Gasteiger partial charge in [-0.25, -0.2) is 13.1 Å². The first kappa shape index (κ1) is 19.2. The highest BCUT2D eigenvalue weighted by atomic mass is 35.5. The Morgan fingerprint density at radius 1 is 1.27 bits per heavy atom. The Morgan fingerprint density at radius 3 is 2.32 bits per heavy atom. The molecule has 0 aliphatic heterocycles. The largest absolute Gasteiger partial charge is 0.493 e. The molecule has 1 atom stereocenters. The standard InChI is InChI=1S/C15H24N2O3S.ClH/c1-11(2)10-20-13-5-7-14(8-6-13)21(18,19)17-15(9-16)12-3-4-12;/h5-8,11-12,15,17H,3-4,9-10,16H2,1-2H3;1H. The second-order valence-corrected chi connectivity index (χ2v) is 7.69. The first-order valence-electron chi connectivity index (χ1n) is 7.37. The summed E-state index contributed by atoms with van der Waals surface area (Å²) in [5.41, 5.74) is 5.64. The molecule has 0 heterocycles. The first-order valence-corrected chi connectivity index (χ1v) is 8.86. The van der Waals surface area contributed by atoms with E-state index >= 15 is 0 Å². The lowest BCUT2D eigenvalue weighted by Crippen LogP contribution is -2.41. The van der Waals surface area contributed by atoms with Crippen molar-refractivity contribution >= 4 is 22.4 Å². The van der Waals surface area contributed by atoms with Crippen molar-refractivity contribution in [2.24, 2.45) is 17.6 Å². The van der Waals surface area contributed by atoms with Crippen LogP contribution < -0.4 is 15.2 Å². The smallest absolute Gasteiger partial charge is 0.240 e. The molecule has 5 nitrogen and oxygen atoms in total. The van der Waals surface area contributed by atoms with E-state index in [9.17, 15) is 8.42 Å². The van der Waals surface area contributed by atoms with Crippen molar-refractivity contribution in [1.82, 2.24) is 4.72 Å². The van der Waals surface area contributed by atoms with Crippen LogP contribution in [0.3, 0.4) is 0 Å². The average Bonchev–Trinajstić information content (AvgIpc) is 3.27. The number of nitrogens with two attached hydrogens (primary N) is 1. The summed E-state index contributed by atoms with van der Waals surface area (Å²) in [5, 5.41) is 0. The summed E-state index contributed by atoms with van der Waals surface area (Å²) in [5.74, 6) is 1.50. The quantitative estimate of drug-likeness (QED) is 0.754. The third kappa shape index (κ3) is 5.43. The minimum Gasteiger partial charge on any atom is -0.493 e. The topological polar surface area (TPSA) is 81.4 Å². The fourth-order valence-corrected chi connectivity index (χ4v) is 3.40. The monoisotopic (exact) mass is 348 g/mol. The predicted molar refractivity (Wildman–Crippen MR) is 89.9 cm³/mol. The molecule has 2 rings (SSSR count). The van der Waals surface area contributed by atoms with Gasteiger partial charge in [0.15, 0.2) is 0 Å². The molecule has 0 radical (unpaired) electrons. The van der Waals surface area contributed by atoms with Gasteiger partial charge in [0.1, 0.15) is 5.75 Å². The minimum atomic E-state index is -3.51. The number of rotatable bonds is 8. The van der Waals surface area contributed by atoms with Gasteiger partial charge >= 0.3 is 0 Å². The minimum absolute atomic E-state index is 0. The van der Waals surface area contributed by atoms with Crippen LogP contribution in [0.5, 0.6) is 5.75 Å². The molecular formula is C15H25ClN2O3S. The number of sulfonamides is 1. The highest BCUT2D eigenvalue weighted by Crippen LogP contribution is 2.33. The maximum atomic E-state index is 12.3. The summed E-state index contributed by atoms with van der Waals surface area (Å²) in [7, 11) is -3.51. The van der Waals surface area contributed by atoms with Crippen LogP contribution in [0.25, 0.3) is 0 Å². The van der Waals surface area contributed by atoms with Crippen LogP contribution >= 0.6 is 12.4 Å². The zero-order valence-corrected chi connectivity index (χ0v) is 14.6. The lowest BCUT2D eigenvalue weighted by molar-refractivity contribution is 0.271. The van der Waals surface area contributed by atoms with E-state index < -0.39 is 10.0 Å². The van der Waals surface area contributed by atoms with Crippen molar-refractivity contribution in [1.29, 1.82) is 0 Å². The maximum Gasteiger partial charge on any atom is 0.240 e. The Kier molecular flexibility index (Phi) is 7.12. The zero-order valence-electron chi connectivity index (χ0n) is 13.0. The van der Waals surface area contributed by atoms with Gasteiger partial charge < -0.3 is 10.5 Å². The van der Waals surface area contributed by atoms with E-state index in [4.69, 9.17) is 10.5 Å². The molecule has 0 saturated heterocycles. The van der Waals surface area contributed by atoms with E-state index in [1.807, 2.05) is 0 Å². The molecule has 7 heteroatoms.